The number of nitrogens with zero attached hydrogens (tertiary/aromatic N) is 2. The molecule has 54 heavy (non-hydrogen) atoms. The number of hydrogen-bond acceptors (Lipinski definition) is 7. The fourth-order valence-corrected chi connectivity index (χ4v) is 8.84. The molecule has 0 aromatic heterocycles. The smallest absolute Gasteiger partial charge is 0.260 e. The van der Waals surface area contributed by atoms with Crippen LogP contribution in [0.3, 0.4) is 0 Å². The van der Waals surface area contributed by atoms with Gasteiger partial charge in [-0.1, -0.05) is 61.4 Å². The van der Waals surface area contributed by atoms with E-state index in [1.807, 2.05) is 29.7 Å². The molecule has 2 aliphatic rings. The van der Waals surface area contributed by atoms with Crippen molar-refractivity contribution in [1.82, 2.24) is 20.6 Å². The predicted molar refractivity (Wildman–Crippen MR) is 218 cm³/mol. The van der Waals surface area contributed by atoms with E-state index in [2.05, 4.69) is 109 Å². The SMILES string of the molecule is CNC(=O)[C@@H]1CCCCN1Cc1ccc(OCc2cccc(-c3cccc(COc4ccc(CN5CCCC[C@H]5C(=O)NO)cc4Br)c3C)c2C)c(Br)c1. The summed E-state index contributed by atoms with van der Waals surface area (Å²) in [5, 5.41) is 12.0. The second-order valence-electron chi connectivity index (χ2n) is 14.3. The van der Waals surface area contributed by atoms with Crippen LogP contribution >= 0.6 is 31.9 Å². The van der Waals surface area contributed by atoms with E-state index in [0.717, 1.165) is 118 Å². The molecule has 0 radical (unpaired) electrons. The van der Waals surface area contributed by atoms with Crippen molar-refractivity contribution in [3.05, 3.63) is 115 Å². The van der Waals surface area contributed by atoms with Crippen molar-refractivity contribution in [2.75, 3.05) is 20.1 Å². The third kappa shape index (κ3) is 9.55. The number of rotatable bonds is 13. The average molecular weight is 863 g/mol. The van der Waals surface area contributed by atoms with Gasteiger partial charge in [-0.15, -0.1) is 0 Å². The zero-order valence-electron chi connectivity index (χ0n) is 31.3. The minimum atomic E-state index is -0.348. The largest absolute Gasteiger partial charge is 0.488 e. The topological polar surface area (TPSA) is 103 Å². The molecule has 2 amide bonds. The first-order valence-corrected chi connectivity index (χ1v) is 20.4. The zero-order chi connectivity index (χ0) is 38.2. The Balaban J connectivity index is 1.09. The molecule has 0 bridgehead atoms. The molecular formula is C43H50Br2N4O5. The Bertz CT molecular complexity index is 1820. The fraction of sp³-hybridized carbons (Fsp3) is 0.395. The van der Waals surface area contributed by atoms with Gasteiger partial charge in [0.2, 0.25) is 5.91 Å². The summed E-state index contributed by atoms with van der Waals surface area (Å²) in [4.78, 5) is 29.1. The maximum absolute atomic E-state index is 12.5. The van der Waals surface area contributed by atoms with Crippen LogP contribution < -0.4 is 20.3 Å². The molecule has 2 heterocycles. The van der Waals surface area contributed by atoms with Gasteiger partial charge in [-0.2, -0.15) is 0 Å². The van der Waals surface area contributed by atoms with Crippen molar-refractivity contribution < 1.29 is 24.3 Å². The number of hydroxylamine groups is 1. The number of halogens is 2. The predicted octanol–water partition coefficient (Wildman–Crippen LogP) is 8.61. The number of likely N-dealkylation sites (tertiary alicyclic amines) is 2. The lowest BCUT2D eigenvalue weighted by atomic mass is 9.92. The number of amides is 2. The van der Waals surface area contributed by atoms with Gasteiger partial charge in [0.15, 0.2) is 0 Å². The lowest BCUT2D eigenvalue weighted by molar-refractivity contribution is -0.136. The van der Waals surface area contributed by atoms with Crippen LogP contribution in [0.1, 0.15) is 71.9 Å². The Kier molecular flexibility index (Phi) is 13.9. The minimum Gasteiger partial charge on any atom is -0.488 e. The van der Waals surface area contributed by atoms with Gasteiger partial charge in [-0.3, -0.25) is 24.6 Å². The Labute approximate surface area is 335 Å². The van der Waals surface area contributed by atoms with Gasteiger partial charge in [-0.05, 0) is 153 Å². The zero-order valence-corrected chi connectivity index (χ0v) is 34.5. The second kappa shape index (κ2) is 18.7. The molecule has 4 aromatic rings. The summed E-state index contributed by atoms with van der Waals surface area (Å²) in [6.45, 7) is 8.21. The number of carbonyl (C=O) groups excluding carboxylic acids is 2. The lowest BCUT2D eigenvalue weighted by Crippen LogP contribution is -2.48. The van der Waals surface area contributed by atoms with Gasteiger partial charge in [0.05, 0.1) is 21.0 Å². The minimum absolute atomic E-state index is 0.0823. The molecular weight excluding hydrogens is 812 g/mol. The maximum Gasteiger partial charge on any atom is 0.260 e. The summed E-state index contributed by atoms with van der Waals surface area (Å²) in [6, 6.07) is 24.6. The highest BCUT2D eigenvalue weighted by atomic mass is 79.9. The van der Waals surface area contributed by atoms with E-state index in [0.29, 0.717) is 19.8 Å². The van der Waals surface area contributed by atoms with E-state index in [9.17, 15) is 14.8 Å². The van der Waals surface area contributed by atoms with Crippen LogP contribution in [0.2, 0.25) is 0 Å². The summed E-state index contributed by atoms with van der Waals surface area (Å²) >= 11 is 7.45. The molecule has 0 aliphatic carbocycles. The first kappa shape index (κ1) is 39.9. The molecule has 3 N–H and O–H groups in total. The first-order chi connectivity index (χ1) is 26.2. The van der Waals surface area contributed by atoms with Crippen LogP contribution in [0.5, 0.6) is 11.5 Å². The summed E-state index contributed by atoms with van der Waals surface area (Å²) in [5.41, 5.74) is 10.9. The Morgan fingerprint density at radius 3 is 1.59 bits per heavy atom. The monoisotopic (exact) mass is 860 g/mol. The van der Waals surface area contributed by atoms with Gasteiger partial charge in [-0.25, -0.2) is 5.48 Å². The van der Waals surface area contributed by atoms with Crippen molar-refractivity contribution in [2.45, 2.75) is 90.8 Å². The van der Waals surface area contributed by atoms with Gasteiger partial charge >= 0.3 is 0 Å². The summed E-state index contributed by atoms with van der Waals surface area (Å²) in [7, 11) is 1.71. The summed E-state index contributed by atoms with van der Waals surface area (Å²) in [5.74, 6) is 1.28. The van der Waals surface area contributed by atoms with Crippen LogP contribution in [0, 0.1) is 13.8 Å². The van der Waals surface area contributed by atoms with E-state index >= 15 is 0 Å². The molecule has 4 aromatic carbocycles. The molecule has 286 valence electrons. The quantitative estimate of drug-likeness (QED) is 0.0915. The lowest BCUT2D eigenvalue weighted by Gasteiger charge is -2.34. The number of carbonyl (C=O) groups is 2. The molecule has 2 saturated heterocycles. The standard InChI is InChI=1S/C43H50Br2N4O5/c1-28-32(26-53-40-18-16-30(22-36(40)44)24-48-20-6-4-14-38(48)42(50)46-3)10-8-12-34(28)35-13-9-11-33(29(35)2)27-54-41-19-17-31(23-37(41)45)25-49-21-7-5-15-39(49)43(51)47-52/h8-13,16-19,22-23,38-39,52H,4-7,14-15,20-21,24-27H2,1-3H3,(H,46,50)(H,47,51)/t38-,39-/m0/s1. The fourth-order valence-electron chi connectivity index (χ4n) is 7.76. The molecule has 2 atom stereocenters. The Morgan fingerprint density at radius 1 is 0.704 bits per heavy atom. The van der Waals surface area contributed by atoms with Crippen LogP contribution in [0.4, 0.5) is 0 Å². The second-order valence-corrected chi connectivity index (χ2v) is 16.0. The third-order valence-corrected chi connectivity index (χ3v) is 12.1. The van der Waals surface area contributed by atoms with Gasteiger partial charge in [0.1, 0.15) is 24.7 Å². The number of benzene rings is 4. The highest BCUT2D eigenvalue weighted by Gasteiger charge is 2.29. The van der Waals surface area contributed by atoms with Gasteiger partial charge < -0.3 is 14.8 Å². The van der Waals surface area contributed by atoms with Crippen LogP contribution in [-0.4, -0.2) is 59.0 Å². The van der Waals surface area contributed by atoms with Gasteiger partial charge in [0.25, 0.3) is 5.91 Å². The summed E-state index contributed by atoms with van der Waals surface area (Å²) < 4.78 is 14.5. The van der Waals surface area contributed by atoms with Crippen LogP contribution in [-0.2, 0) is 35.9 Å². The molecule has 2 fully saturated rings. The summed E-state index contributed by atoms with van der Waals surface area (Å²) in [6.07, 6.45) is 5.82. The van der Waals surface area contributed by atoms with Crippen molar-refractivity contribution in [1.29, 1.82) is 0 Å². The van der Waals surface area contributed by atoms with E-state index in [1.54, 1.807) is 7.05 Å². The van der Waals surface area contributed by atoms with Crippen LogP contribution in [0.15, 0.2) is 81.7 Å². The molecule has 11 heteroatoms. The molecule has 9 nitrogen and oxygen atoms in total. The number of likely N-dealkylation sites (N-methyl/N-ethyl adjacent to an activating group) is 1. The van der Waals surface area contributed by atoms with E-state index in [-0.39, 0.29) is 23.9 Å². The molecule has 6 rings (SSSR count). The Hall–Kier alpha value is -3.74. The van der Waals surface area contributed by atoms with E-state index in [1.165, 1.54) is 5.56 Å². The highest BCUT2D eigenvalue weighted by Crippen LogP contribution is 2.34. The maximum atomic E-state index is 12.5. The number of nitrogens with one attached hydrogen (secondary N) is 2. The molecule has 2 aliphatic heterocycles. The van der Waals surface area contributed by atoms with Crippen molar-refractivity contribution in [3.8, 4) is 22.6 Å². The normalized spacial score (nSPS) is 17.9. The molecule has 0 unspecified atom stereocenters. The van der Waals surface area contributed by atoms with Crippen molar-refractivity contribution in [3.63, 3.8) is 0 Å². The average Bonchev–Trinajstić information content (AvgIpc) is 3.18. The van der Waals surface area contributed by atoms with Crippen LogP contribution in [0.25, 0.3) is 11.1 Å². The van der Waals surface area contributed by atoms with E-state index < -0.39 is 0 Å². The number of ether oxygens (including phenoxy) is 2. The third-order valence-electron chi connectivity index (χ3n) is 10.9. The van der Waals surface area contributed by atoms with Crippen molar-refractivity contribution >= 4 is 43.7 Å². The molecule has 0 spiro atoms. The molecule has 0 saturated carbocycles. The van der Waals surface area contributed by atoms with Crippen molar-refractivity contribution in [2.24, 2.45) is 0 Å². The van der Waals surface area contributed by atoms with Gasteiger partial charge in [0, 0.05) is 20.1 Å². The Morgan fingerprint density at radius 2 is 1.17 bits per heavy atom. The number of piperidine rings is 2. The van der Waals surface area contributed by atoms with E-state index in [4.69, 9.17) is 9.47 Å². The number of hydrogen-bond donors (Lipinski definition) is 3. The highest BCUT2D eigenvalue weighted by molar-refractivity contribution is 9.11. The first-order valence-electron chi connectivity index (χ1n) is 18.8.